The highest BCUT2D eigenvalue weighted by molar-refractivity contribution is 5.68. The summed E-state index contributed by atoms with van der Waals surface area (Å²) in [4.78, 5) is 14.3. The lowest BCUT2D eigenvalue weighted by Gasteiger charge is -2.36. The summed E-state index contributed by atoms with van der Waals surface area (Å²) in [7, 11) is 0. The zero-order valence-corrected chi connectivity index (χ0v) is 16.3. The van der Waals surface area contributed by atoms with E-state index in [-0.39, 0.29) is 23.8 Å². The second-order valence-corrected chi connectivity index (χ2v) is 7.94. The van der Waals surface area contributed by atoms with Gasteiger partial charge in [-0.1, -0.05) is 35.1 Å². The SMILES string of the molecule is CC(C)(C)OC(=O)N1CCC(C(c2ccccc2)c2nnn(C(F)F)n2)CC1. The lowest BCUT2D eigenvalue weighted by molar-refractivity contribution is 0.0176. The van der Waals surface area contributed by atoms with Crippen LogP contribution >= 0.6 is 0 Å². The summed E-state index contributed by atoms with van der Waals surface area (Å²) < 4.78 is 31.2. The average molecular weight is 393 g/mol. The van der Waals surface area contributed by atoms with E-state index >= 15 is 0 Å². The van der Waals surface area contributed by atoms with Crippen LogP contribution < -0.4 is 0 Å². The van der Waals surface area contributed by atoms with Gasteiger partial charge >= 0.3 is 12.6 Å². The summed E-state index contributed by atoms with van der Waals surface area (Å²) in [5, 5.41) is 11.3. The molecule has 2 aromatic rings. The average Bonchev–Trinajstić information content (AvgIpc) is 3.12. The maximum Gasteiger partial charge on any atom is 0.410 e. The molecule has 0 aliphatic carbocycles. The third kappa shape index (κ3) is 4.82. The van der Waals surface area contributed by atoms with Gasteiger partial charge in [0.1, 0.15) is 5.60 Å². The van der Waals surface area contributed by atoms with E-state index in [0.717, 1.165) is 5.56 Å². The molecular weight excluding hydrogens is 368 g/mol. The number of nitrogens with zero attached hydrogens (tertiary/aromatic N) is 5. The van der Waals surface area contributed by atoms with Gasteiger partial charge in [0.05, 0.1) is 5.92 Å². The summed E-state index contributed by atoms with van der Waals surface area (Å²) in [6, 6.07) is 9.57. The molecule has 3 rings (SSSR count). The Kier molecular flexibility index (Phi) is 5.90. The van der Waals surface area contributed by atoms with Gasteiger partial charge in [-0.3, -0.25) is 0 Å². The van der Waals surface area contributed by atoms with Crippen LogP contribution in [0.4, 0.5) is 13.6 Å². The van der Waals surface area contributed by atoms with Crippen molar-refractivity contribution in [2.45, 2.75) is 51.7 Å². The van der Waals surface area contributed by atoms with Gasteiger partial charge < -0.3 is 9.64 Å². The number of alkyl halides is 2. The van der Waals surface area contributed by atoms with Crippen molar-refractivity contribution in [2.24, 2.45) is 5.92 Å². The van der Waals surface area contributed by atoms with Crippen LogP contribution in [-0.4, -0.2) is 49.9 Å². The number of tetrazole rings is 1. The Morgan fingerprint density at radius 2 is 1.82 bits per heavy atom. The van der Waals surface area contributed by atoms with Crippen LogP contribution in [0, 0.1) is 5.92 Å². The number of carbonyl (C=O) groups is 1. The Morgan fingerprint density at radius 1 is 1.18 bits per heavy atom. The van der Waals surface area contributed by atoms with Crippen LogP contribution in [0.25, 0.3) is 0 Å². The predicted octanol–water partition coefficient (Wildman–Crippen LogP) is 3.85. The number of hydrogen-bond acceptors (Lipinski definition) is 5. The smallest absolute Gasteiger partial charge is 0.410 e. The Bertz CT molecular complexity index is 783. The molecule has 1 aliphatic rings. The first-order chi connectivity index (χ1) is 13.2. The highest BCUT2D eigenvalue weighted by Gasteiger charge is 2.34. The number of rotatable bonds is 4. The molecule has 0 bridgehead atoms. The monoisotopic (exact) mass is 393 g/mol. The van der Waals surface area contributed by atoms with Crippen LogP contribution in [0.5, 0.6) is 0 Å². The molecule has 9 heteroatoms. The second kappa shape index (κ2) is 8.20. The van der Waals surface area contributed by atoms with Gasteiger partial charge in [-0.15, -0.1) is 10.2 Å². The van der Waals surface area contributed by atoms with E-state index in [1.807, 2.05) is 51.1 Å². The van der Waals surface area contributed by atoms with Crippen LogP contribution in [0.2, 0.25) is 0 Å². The molecule has 0 saturated carbocycles. The first-order valence-corrected chi connectivity index (χ1v) is 9.35. The molecule has 1 saturated heterocycles. The van der Waals surface area contributed by atoms with Gasteiger partial charge in [-0.2, -0.15) is 8.78 Å². The standard InChI is InChI=1S/C19H25F2N5O2/c1-19(2,3)28-18(27)25-11-9-14(10-12-25)15(13-7-5-4-6-8-13)16-22-24-26(23-16)17(20)21/h4-8,14-15,17H,9-12H2,1-3H3. The number of hydrogen-bond donors (Lipinski definition) is 0. The number of ether oxygens (including phenoxy) is 1. The minimum atomic E-state index is -2.83. The normalized spacial score (nSPS) is 17.0. The fourth-order valence-corrected chi connectivity index (χ4v) is 3.48. The predicted molar refractivity (Wildman–Crippen MR) is 97.9 cm³/mol. The summed E-state index contributed by atoms with van der Waals surface area (Å²) in [5.41, 5.74) is 0.408. The zero-order valence-electron chi connectivity index (χ0n) is 16.3. The highest BCUT2D eigenvalue weighted by Crippen LogP contribution is 2.36. The summed E-state index contributed by atoms with van der Waals surface area (Å²) >= 11 is 0. The van der Waals surface area contributed by atoms with Crippen molar-refractivity contribution < 1.29 is 18.3 Å². The number of amides is 1. The first kappa shape index (κ1) is 20.2. The topological polar surface area (TPSA) is 73.1 Å². The van der Waals surface area contributed by atoms with Gasteiger partial charge in [-0.25, -0.2) is 4.79 Å². The van der Waals surface area contributed by atoms with Gasteiger partial charge in [0.25, 0.3) is 0 Å². The molecule has 1 amide bonds. The fourth-order valence-electron chi connectivity index (χ4n) is 3.48. The van der Waals surface area contributed by atoms with Crippen molar-refractivity contribution in [3.8, 4) is 0 Å². The Labute approximate surface area is 162 Å². The van der Waals surface area contributed by atoms with Crippen molar-refractivity contribution in [3.05, 3.63) is 41.7 Å². The van der Waals surface area contributed by atoms with E-state index in [1.54, 1.807) is 4.90 Å². The molecular formula is C19H25F2N5O2. The Morgan fingerprint density at radius 3 is 2.36 bits per heavy atom. The number of carbonyl (C=O) groups excluding carboxylic acids is 1. The number of likely N-dealkylation sites (tertiary alicyclic amines) is 1. The van der Waals surface area contributed by atoms with Crippen molar-refractivity contribution in [1.82, 2.24) is 25.1 Å². The third-order valence-corrected chi connectivity index (χ3v) is 4.72. The molecule has 1 fully saturated rings. The molecule has 152 valence electrons. The molecule has 1 aromatic carbocycles. The van der Waals surface area contributed by atoms with E-state index in [9.17, 15) is 13.6 Å². The third-order valence-electron chi connectivity index (χ3n) is 4.72. The van der Waals surface area contributed by atoms with Gasteiger partial charge in [-0.05, 0) is 50.3 Å². The van der Waals surface area contributed by atoms with Crippen LogP contribution in [0.15, 0.2) is 30.3 Å². The molecule has 1 unspecified atom stereocenters. The van der Waals surface area contributed by atoms with E-state index in [1.165, 1.54) is 0 Å². The van der Waals surface area contributed by atoms with Crippen LogP contribution in [0.3, 0.4) is 0 Å². The van der Waals surface area contributed by atoms with Gasteiger partial charge in [0, 0.05) is 13.1 Å². The maximum absolute atomic E-state index is 12.9. The quantitative estimate of drug-likeness (QED) is 0.789. The molecule has 0 N–H and O–H groups in total. The minimum absolute atomic E-state index is 0.108. The lowest BCUT2D eigenvalue weighted by atomic mass is 9.79. The van der Waals surface area contributed by atoms with E-state index in [2.05, 4.69) is 15.4 Å². The van der Waals surface area contributed by atoms with Crippen molar-refractivity contribution in [1.29, 1.82) is 0 Å². The van der Waals surface area contributed by atoms with Crippen molar-refractivity contribution >= 4 is 6.09 Å². The number of benzene rings is 1. The molecule has 1 aromatic heterocycles. The largest absolute Gasteiger partial charge is 0.444 e. The summed E-state index contributed by atoms with van der Waals surface area (Å²) in [5.74, 6) is 0.133. The fraction of sp³-hybridized carbons (Fsp3) is 0.579. The van der Waals surface area contributed by atoms with E-state index < -0.39 is 12.2 Å². The van der Waals surface area contributed by atoms with Crippen LogP contribution in [-0.2, 0) is 4.74 Å². The molecule has 1 aliphatic heterocycles. The molecule has 0 radical (unpaired) electrons. The zero-order chi connectivity index (χ0) is 20.3. The van der Waals surface area contributed by atoms with E-state index in [4.69, 9.17) is 4.74 Å². The highest BCUT2D eigenvalue weighted by atomic mass is 19.3. The molecule has 2 heterocycles. The Balaban J connectivity index is 1.76. The van der Waals surface area contributed by atoms with Crippen LogP contribution in [0.1, 0.15) is 57.5 Å². The first-order valence-electron chi connectivity index (χ1n) is 9.35. The molecule has 1 atom stereocenters. The molecule has 0 spiro atoms. The summed E-state index contributed by atoms with van der Waals surface area (Å²) in [6.07, 6.45) is 1.06. The van der Waals surface area contributed by atoms with Gasteiger partial charge in [0.2, 0.25) is 0 Å². The second-order valence-electron chi connectivity index (χ2n) is 7.94. The molecule has 7 nitrogen and oxygen atoms in total. The maximum atomic E-state index is 12.9. The van der Waals surface area contributed by atoms with Crippen molar-refractivity contribution in [3.63, 3.8) is 0 Å². The molecule has 28 heavy (non-hydrogen) atoms. The number of aromatic nitrogens is 4. The number of piperidine rings is 1. The summed E-state index contributed by atoms with van der Waals surface area (Å²) in [6.45, 7) is 3.74. The van der Waals surface area contributed by atoms with E-state index in [0.29, 0.717) is 30.7 Å². The number of halogens is 2. The van der Waals surface area contributed by atoms with Gasteiger partial charge in [0.15, 0.2) is 5.82 Å². The minimum Gasteiger partial charge on any atom is -0.444 e. The van der Waals surface area contributed by atoms with Crippen molar-refractivity contribution in [2.75, 3.05) is 13.1 Å². The lowest BCUT2D eigenvalue weighted by Crippen LogP contribution is -2.42. The Hall–Kier alpha value is -2.58.